The number of nitrogens with zero attached hydrogens (tertiary/aromatic N) is 3. The van der Waals surface area contributed by atoms with Crippen LogP contribution in [0.15, 0.2) is 6.07 Å². The number of ether oxygens (including phenoxy) is 1. The molecule has 0 saturated carbocycles. The Balaban J connectivity index is 2.47. The molecule has 0 saturated heterocycles. The Hall–Kier alpha value is -1.44. The van der Waals surface area contributed by atoms with Crippen LogP contribution < -0.4 is 16.6 Å². The maximum atomic E-state index is 5.43. The van der Waals surface area contributed by atoms with Gasteiger partial charge in [0.2, 0.25) is 0 Å². The Morgan fingerprint density at radius 2 is 2.05 bits per heavy atom. The molecule has 114 valence electrons. The SMILES string of the molecule is CCCc1nc(NN)cc(NCCN(C)CCOC)n1. The molecule has 1 aromatic heterocycles. The van der Waals surface area contributed by atoms with Crippen LogP contribution in [0, 0.1) is 0 Å². The van der Waals surface area contributed by atoms with E-state index in [-0.39, 0.29) is 0 Å². The van der Waals surface area contributed by atoms with E-state index in [1.165, 1.54) is 0 Å². The van der Waals surface area contributed by atoms with Crippen molar-refractivity contribution < 1.29 is 4.74 Å². The number of aryl methyl sites for hydroxylation is 1. The average Bonchev–Trinajstić information content (AvgIpc) is 2.45. The standard InChI is InChI=1S/C13H26N6O/c1-4-5-11-16-12(10-13(17-11)18-14)15-6-7-19(2)8-9-20-3/h10H,4-9,14H2,1-3H3,(H2,15,16,17,18). The molecule has 0 aromatic carbocycles. The zero-order chi connectivity index (χ0) is 14.8. The summed E-state index contributed by atoms with van der Waals surface area (Å²) in [6.07, 6.45) is 1.85. The van der Waals surface area contributed by atoms with Gasteiger partial charge < -0.3 is 20.4 Å². The normalized spacial score (nSPS) is 10.8. The molecule has 0 bridgehead atoms. The van der Waals surface area contributed by atoms with Gasteiger partial charge in [-0.1, -0.05) is 6.92 Å². The van der Waals surface area contributed by atoms with Gasteiger partial charge in [0.15, 0.2) is 0 Å². The lowest BCUT2D eigenvalue weighted by atomic mass is 10.3. The third-order valence-electron chi connectivity index (χ3n) is 2.87. The summed E-state index contributed by atoms with van der Waals surface area (Å²) in [5.74, 6) is 7.67. The number of anilines is 2. The lowest BCUT2D eigenvalue weighted by Crippen LogP contribution is -2.28. The molecule has 0 aliphatic rings. The first kappa shape index (κ1) is 16.6. The molecule has 0 atom stereocenters. The van der Waals surface area contributed by atoms with Crippen LogP contribution in [0.3, 0.4) is 0 Å². The summed E-state index contributed by atoms with van der Waals surface area (Å²) >= 11 is 0. The topological polar surface area (TPSA) is 88.3 Å². The van der Waals surface area contributed by atoms with Gasteiger partial charge in [-0.15, -0.1) is 0 Å². The van der Waals surface area contributed by atoms with Crippen LogP contribution in [0.25, 0.3) is 0 Å². The van der Waals surface area contributed by atoms with Crippen molar-refractivity contribution in [1.82, 2.24) is 14.9 Å². The molecule has 0 aliphatic carbocycles. The molecule has 20 heavy (non-hydrogen) atoms. The largest absolute Gasteiger partial charge is 0.383 e. The molecule has 7 nitrogen and oxygen atoms in total. The van der Waals surface area contributed by atoms with Gasteiger partial charge in [0.1, 0.15) is 17.5 Å². The molecule has 0 spiro atoms. The van der Waals surface area contributed by atoms with Crippen LogP contribution in [0.1, 0.15) is 19.2 Å². The maximum Gasteiger partial charge on any atom is 0.145 e. The van der Waals surface area contributed by atoms with Crippen LogP contribution in [0.5, 0.6) is 0 Å². The summed E-state index contributed by atoms with van der Waals surface area (Å²) in [6.45, 7) is 5.49. The molecule has 0 amide bonds. The zero-order valence-electron chi connectivity index (χ0n) is 12.6. The Morgan fingerprint density at radius 3 is 2.70 bits per heavy atom. The Kier molecular flexibility index (Phi) is 7.86. The second kappa shape index (κ2) is 9.46. The Morgan fingerprint density at radius 1 is 1.30 bits per heavy atom. The van der Waals surface area contributed by atoms with Crippen molar-refractivity contribution in [3.05, 3.63) is 11.9 Å². The van der Waals surface area contributed by atoms with Gasteiger partial charge in [0, 0.05) is 39.2 Å². The van der Waals surface area contributed by atoms with E-state index < -0.39 is 0 Å². The van der Waals surface area contributed by atoms with Crippen molar-refractivity contribution in [2.75, 3.05) is 51.1 Å². The van der Waals surface area contributed by atoms with Gasteiger partial charge in [-0.2, -0.15) is 0 Å². The van der Waals surface area contributed by atoms with Gasteiger partial charge in [-0.05, 0) is 13.5 Å². The van der Waals surface area contributed by atoms with Crippen LogP contribution in [0.4, 0.5) is 11.6 Å². The summed E-state index contributed by atoms with van der Waals surface area (Å²) in [5.41, 5.74) is 2.58. The van der Waals surface area contributed by atoms with E-state index in [9.17, 15) is 0 Å². The van der Waals surface area contributed by atoms with Gasteiger partial charge in [0.05, 0.1) is 6.61 Å². The second-order valence-electron chi connectivity index (χ2n) is 4.67. The van der Waals surface area contributed by atoms with E-state index in [1.807, 2.05) is 6.07 Å². The fourth-order valence-electron chi connectivity index (χ4n) is 1.73. The van der Waals surface area contributed by atoms with E-state index in [4.69, 9.17) is 10.6 Å². The van der Waals surface area contributed by atoms with E-state index in [2.05, 4.69) is 39.6 Å². The van der Waals surface area contributed by atoms with E-state index >= 15 is 0 Å². The predicted molar refractivity (Wildman–Crippen MR) is 81.7 cm³/mol. The number of hydrazine groups is 1. The number of rotatable bonds is 10. The van der Waals surface area contributed by atoms with Crippen LogP contribution in [-0.2, 0) is 11.2 Å². The molecule has 0 radical (unpaired) electrons. The van der Waals surface area contributed by atoms with Crippen molar-refractivity contribution in [1.29, 1.82) is 0 Å². The molecular weight excluding hydrogens is 256 g/mol. The van der Waals surface area contributed by atoms with Gasteiger partial charge in [-0.3, -0.25) is 0 Å². The summed E-state index contributed by atoms with van der Waals surface area (Å²) in [4.78, 5) is 11.0. The van der Waals surface area contributed by atoms with Gasteiger partial charge in [0.25, 0.3) is 0 Å². The van der Waals surface area contributed by atoms with E-state index in [0.29, 0.717) is 5.82 Å². The first-order chi connectivity index (χ1) is 9.69. The molecule has 1 aromatic rings. The number of likely N-dealkylation sites (N-methyl/N-ethyl adjacent to an activating group) is 1. The van der Waals surface area contributed by atoms with Gasteiger partial charge >= 0.3 is 0 Å². The molecule has 1 heterocycles. The van der Waals surface area contributed by atoms with Crippen molar-refractivity contribution >= 4 is 11.6 Å². The van der Waals surface area contributed by atoms with Crippen molar-refractivity contribution in [2.24, 2.45) is 5.84 Å². The predicted octanol–water partition coefficient (Wildman–Crippen LogP) is 0.705. The molecule has 7 heteroatoms. The van der Waals surface area contributed by atoms with Crippen LogP contribution >= 0.6 is 0 Å². The van der Waals surface area contributed by atoms with Crippen molar-refractivity contribution in [3.8, 4) is 0 Å². The quantitative estimate of drug-likeness (QED) is 0.430. The summed E-state index contributed by atoms with van der Waals surface area (Å²) in [7, 11) is 3.78. The monoisotopic (exact) mass is 282 g/mol. The molecule has 1 rings (SSSR count). The molecule has 0 fully saturated rings. The minimum Gasteiger partial charge on any atom is -0.383 e. The van der Waals surface area contributed by atoms with Crippen LogP contribution in [-0.4, -0.2) is 55.3 Å². The zero-order valence-corrected chi connectivity index (χ0v) is 12.6. The minimum absolute atomic E-state index is 0.638. The van der Waals surface area contributed by atoms with Crippen LogP contribution in [0.2, 0.25) is 0 Å². The highest BCUT2D eigenvalue weighted by Gasteiger charge is 2.04. The van der Waals surface area contributed by atoms with Gasteiger partial charge in [-0.25, -0.2) is 15.8 Å². The molecular formula is C13H26N6O. The molecule has 0 unspecified atom stereocenters. The summed E-state index contributed by atoms with van der Waals surface area (Å²) < 4.78 is 5.05. The Labute approximate surface area is 120 Å². The lowest BCUT2D eigenvalue weighted by molar-refractivity contribution is 0.163. The molecule has 4 N–H and O–H groups in total. The lowest BCUT2D eigenvalue weighted by Gasteiger charge is -2.16. The number of aromatic nitrogens is 2. The number of hydrogen-bond donors (Lipinski definition) is 3. The third-order valence-corrected chi connectivity index (χ3v) is 2.87. The number of nitrogens with one attached hydrogen (secondary N) is 2. The van der Waals surface area contributed by atoms with E-state index in [1.54, 1.807) is 7.11 Å². The number of nitrogen functional groups attached to an aromatic ring is 1. The summed E-state index contributed by atoms with van der Waals surface area (Å²) in [6, 6.07) is 1.81. The summed E-state index contributed by atoms with van der Waals surface area (Å²) in [5, 5.41) is 3.30. The van der Waals surface area contributed by atoms with Crippen molar-refractivity contribution in [3.63, 3.8) is 0 Å². The Bertz CT molecular complexity index is 387. The number of hydrogen-bond acceptors (Lipinski definition) is 7. The number of methoxy groups -OCH3 is 1. The van der Waals surface area contributed by atoms with Crippen molar-refractivity contribution in [2.45, 2.75) is 19.8 Å². The maximum absolute atomic E-state index is 5.43. The first-order valence-corrected chi connectivity index (χ1v) is 6.95. The molecule has 0 aliphatic heterocycles. The smallest absolute Gasteiger partial charge is 0.145 e. The number of nitrogens with two attached hydrogens (primary N) is 1. The average molecular weight is 282 g/mol. The highest BCUT2D eigenvalue weighted by atomic mass is 16.5. The fraction of sp³-hybridized carbons (Fsp3) is 0.692. The first-order valence-electron chi connectivity index (χ1n) is 6.95. The third kappa shape index (κ3) is 6.14. The minimum atomic E-state index is 0.638. The highest BCUT2D eigenvalue weighted by Crippen LogP contribution is 2.11. The van der Waals surface area contributed by atoms with E-state index in [0.717, 1.165) is 50.7 Å². The fourth-order valence-corrected chi connectivity index (χ4v) is 1.73. The second-order valence-corrected chi connectivity index (χ2v) is 4.67. The highest BCUT2D eigenvalue weighted by molar-refractivity contribution is 5.46.